The summed E-state index contributed by atoms with van der Waals surface area (Å²) >= 11 is 0. The van der Waals surface area contributed by atoms with Gasteiger partial charge in [0, 0.05) is 37.4 Å². The molecule has 2 fully saturated rings. The second-order valence-electron chi connectivity index (χ2n) is 5.89. The third-order valence-corrected chi connectivity index (χ3v) is 4.54. The third-order valence-electron chi connectivity index (χ3n) is 4.54. The van der Waals surface area contributed by atoms with Gasteiger partial charge in [0.1, 0.15) is 0 Å². The van der Waals surface area contributed by atoms with Crippen LogP contribution in [0.2, 0.25) is 0 Å². The monoisotopic (exact) mass is 288 g/mol. The fourth-order valence-corrected chi connectivity index (χ4v) is 3.54. The van der Waals surface area contributed by atoms with Gasteiger partial charge >= 0.3 is 0 Å². The third kappa shape index (κ3) is 3.51. The van der Waals surface area contributed by atoms with Crippen LogP contribution in [0.25, 0.3) is 0 Å². The van der Waals surface area contributed by atoms with Crippen molar-refractivity contribution in [1.82, 2.24) is 9.88 Å². The fourth-order valence-electron chi connectivity index (χ4n) is 3.54. The second-order valence-corrected chi connectivity index (χ2v) is 5.89. The number of hydrogen-bond acceptors (Lipinski definition) is 4. The van der Waals surface area contributed by atoms with Gasteiger partial charge in [0.15, 0.2) is 0 Å². The lowest BCUT2D eigenvalue weighted by molar-refractivity contribution is -0.0869. The van der Waals surface area contributed by atoms with Crippen LogP contribution in [-0.4, -0.2) is 48.4 Å². The largest absolute Gasteiger partial charge is 0.377 e. The van der Waals surface area contributed by atoms with E-state index >= 15 is 0 Å². The maximum atomic E-state index is 6.05. The summed E-state index contributed by atoms with van der Waals surface area (Å²) in [5, 5.41) is 0. The number of pyridine rings is 1. The van der Waals surface area contributed by atoms with Crippen molar-refractivity contribution in [3.63, 3.8) is 0 Å². The number of nitrogens with zero attached hydrogens (tertiary/aromatic N) is 2. The highest BCUT2D eigenvalue weighted by Crippen LogP contribution is 2.35. The van der Waals surface area contributed by atoms with Crippen molar-refractivity contribution < 1.29 is 9.47 Å². The van der Waals surface area contributed by atoms with Crippen molar-refractivity contribution in [2.75, 3.05) is 26.4 Å². The molecular formula is C17H24N2O2. The van der Waals surface area contributed by atoms with Crippen molar-refractivity contribution in [1.29, 1.82) is 0 Å². The predicted octanol–water partition coefficient (Wildman–Crippen LogP) is 2.26. The Hall–Kier alpha value is -1.23. The number of aromatic nitrogens is 1. The first-order valence-electron chi connectivity index (χ1n) is 7.81. The van der Waals surface area contributed by atoms with Crippen LogP contribution in [0.15, 0.2) is 37.2 Å². The summed E-state index contributed by atoms with van der Waals surface area (Å²) < 4.78 is 11.7. The highest BCUT2D eigenvalue weighted by Gasteiger charge is 2.42. The van der Waals surface area contributed by atoms with Crippen LogP contribution < -0.4 is 0 Å². The molecule has 1 aliphatic heterocycles. The van der Waals surface area contributed by atoms with Crippen LogP contribution in [0.5, 0.6) is 0 Å². The first-order chi connectivity index (χ1) is 10.4. The molecule has 114 valence electrons. The molecule has 4 nitrogen and oxygen atoms in total. The molecule has 1 aromatic heterocycles. The molecule has 3 rings (SSSR count). The van der Waals surface area contributed by atoms with E-state index in [1.807, 2.05) is 18.5 Å². The van der Waals surface area contributed by atoms with E-state index in [0.717, 1.165) is 26.3 Å². The molecule has 1 saturated heterocycles. The van der Waals surface area contributed by atoms with Crippen molar-refractivity contribution >= 4 is 0 Å². The molecule has 21 heavy (non-hydrogen) atoms. The van der Waals surface area contributed by atoms with Gasteiger partial charge in [-0.05, 0) is 30.5 Å². The van der Waals surface area contributed by atoms with Gasteiger partial charge in [-0.1, -0.05) is 6.08 Å². The zero-order chi connectivity index (χ0) is 14.5. The van der Waals surface area contributed by atoms with Gasteiger partial charge in [-0.25, -0.2) is 0 Å². The first kappa shape index (κ1) is 14.7. The van der Waals surface area contributed by atoms with Crippen molar-refractivity contribution in [2.24, 2.45) is 5.92 Å². The average Bonchev–Trinajstić information content (AvgIpc) is 2.93. The van der Waals surface area contributed by atoms with Gasteiger partial charge in [-0.15, -0.1) is 6.58 Å². The fraction of sp³-hybridized carbons (Fsp3) is 0.588. The quantitative estimate of drug-likeness (QED) is 0.594. The average molecular weight is 288 g/mol. The van der Waals surface area contributed by atoms with Gasteiger partial charge in [0.05, 0.1) is 25.9 Å². The van der Waals surface area contributed by atoms with Crippen LogP contribution in [-0.2, 0) is 16.0 Å². The van der Waals surface area contributed by atoms with E-state index in [-0.39, 0.29) is 0 Å². The van der Waals surface area contributed by atoms with Crippen LogP contribution in [0.4, 0.5) is 0 Å². The van der Waals surface area contributed by atoms with Crippen LogP contribution in [0.3, 0.4) is 0 Å². The number of rotatable bonds is 6. The zero-order valence-corrected chi connectivity index (χ0v) is 12.5. The summed E-state index contributed by atoms with van der Waals surface area (Å²) in [4.78, 5) is 6.66. The predicted molar refractivity (Wildman–Crippen MR) is 81.9 cm³/mol. The topological polar surface area (TPSA) is 34.6 Å². The molecule has 1 aromatic rings. The Morgan fingerprint density at radius 2 is 2.24 bits per heavy atom. The highest BCUT2D eigenvalue weighted by atomic mass is 16.5. The van der Waals surface area contributed by atoms with Gasteiger partial charge in [-0.2, -0.15) is 0 Å². The van der Waals surface area contributed by atoms with E-state index in [4.69, 9.17) is 9.47 Å². The zero-order valence-electron chi connectivity index (χ0n) is 12.5. The number of hydrogen-bond donors (Lipinski definition) is 0. The SMILES string of the molecule is C=CCOC[C@@H]1CC[C@H]2[C@@H]1OCCN2Cc1ccncc1. The summed E-state index contributed by atoms with van der Waals surface area (Å²) in [6, 6.07) is 4.73. The molecule has 0 radical (unpaired) electrons. The molecule has 0 spiro atoms. The minimum atomic E-state index is 0.324. The van der Waals surface area contributed by atoms with E-state index in [9.17, 15) is 0 Å². The first-order valence-corrected chi connectivity index (χ1v) is 7.81. The van der Waals surface area contributed by atoms with E-state index < -0.39 is 0 Å². The lowest BCUT2D eigenvalue weighted by Crippen LogP contribution is -2.50. The van der Waals surface area contributed by atoms with Crippen LogP contribution >= 0.6 is 0 Å². The molecule has 3 atom stereocenters. The maximum absolute atomic E-state index is 6.05. The summed E-state index contributed by atoms with van der Waals surface area (Å²) in [7, 11) is 0. The van der Waals surface area contributed by atoms with E-state index in [1.165, 1.54) is 18.4 Å². The van der Waals surface area contributed by atoms with E-state index in [1.54, 1.807) is 0 Å². The number of fused-ring (bicyclic) bond motifs is 1. The molecule has 1 saturated carbocycles. The van der Waals surface area contributed by atoms with Gasteiger partial charge in [-0.3, -0.25) is 9.88 Å². The van der Waals surface area contributed by atoms with Gasteiger partial charge < -0.3 is 9.47 Å². The Morgan fingerprint density at radius 3 is 3.05 bits per heavy atom. The molecule has 0 N–H and O–H groups in total. The van der Waals surface area contributed by atoms with Gasteiger partial charge in [0.2, 0.25) is 0 Å². The summed E-state index contributed by atoms with van der Waals surface area (Å²) in [5.74, 6) is 0.523. The number of morpholine rings is 1. The summed E-state index contributed by atoms with van der Waals surface area (Å²) in [5.41, 5.74) is 1.33. The summed E-state index contributed by atoms with van der Waals surface area (Å²) in [6.45, 7) is 7.95. The van der Waals surface area contributed by atoms with E-state index in [2.05, 4.69) is 28.6 Å². The van der Waals surface area contributed by atoms with Crippen LogP contribution in [0, 0.1) is 5.92 Å². The van der Waals surface area contributed by atoms with Crippen molar-refractivity contribution in [2.45, 2.75) is 31.5 Å². The molecule has 0 aromatic carbocycles. The molecular weight excluding hydrogens is 264 g/mol. The lowest BCUT2D eigenvalue weighted by Gasteiger charge is -2.39. The van der Waals surface area contributed by atoms with Gasteiger partial charge in [0.25, 0.3) is 0 Å². The second kappa shape index (κ2) is 7.16. The minimum Gasteiger partial charge on any atom is -0.377 e. The Bertz CT molecular complexity index is 451. The normalized spacial score (nSPS) is 29.2. The standard InChI is InChI=1S/C17H24N2O2/c1-2-10-20-13-15-3-4-16-17(15)21-11-9-19(16)12-14-5-7-18-8-6-14/h2,5-8,15-17H,1,3-4,9-13H2/t15-,16-,17+/m0/s1. The molecule has 0 amide bonds. The molecule has 2 heterocycles. The molecule has 0 bridgehead atoms. The van der Waals surface area contributed by atoms with Crippen LogP contribution in [0.1, 0.15) is 18.4 Å². The molecule has 1 aliphatic carbocycles. The van der Waals surface area contributed by atoms with Crippen molar-refractivity contribution in [3.05, 3.63) is 42.7 Å². The maximum Gasteiger partial charge on any atom is 0.0781 e. The molecule has 4 heteroatoms. The Morgan fingerprint density at radius 1 is 1.38 bits per heavy atom. The Balaban J connectivity index is 1.59. The highest BCUT2D eigenvalue weighted by molar-refractivity contribution is 5.10. The molecule has 2 aliphatic rings. The van der Waals surface area contributed by atoms with Crippen molar-refractivity contribution in [3.8, 4) is 0 Å². The lowest BCUT2D eigenvalue weighted by atomic mass is 10.0. The number of ether oxygens (including phenoxy) is 2. The smallest absolute Gasteiger partial charge is 0.0781 e. The minimum absolute atomic E-state index is 0.324. The Kier molecular flexibility index (Phi) is 5.01. The Labute approximate surface area is 126 Å². The summed E-state index contributed by atoms with van der Waals surface area (Å²) in [6.07, 6.45) is 8.27. The molecule has 0 unspecified atom stereocenters. The van der Waals surface area contributed by atoms with E-state index in [0.29, 0.717) is 24.7 Å².